The standard InChI is InChI=1S/C19H23N5O2S3/c1-19(2,29-27-4)10-21-17(25)14-8-11-7-12(5-6-13(11)28-14)22-18(26)16-23-15(20)9-24(16)3/h5-9H,10,20H2,1-4H3,(H,21,25)(H,22,26). The van der Waals surface area contributed by atoms with Crippen LogP contribution in [-0.4, -0.2) is 38.9 Å². The summed E-state index contributed by atoms with van der Waals surface area (Å²) in [5.74, 6) is 0.0970. The number of benzene rings is 1. The monoisotopic (exact) mass is 449 g/mol. The molecule has 4 N–H and O–H groups in total. The van der Waals surface area contributed by atoms with Crippen LogP contribution in [0.3, 0.4) is 0 Å². The van der Waals surface area contributed by atoms with Gasteiger partial charge in [0.05, 0.1) is 4.88 Å². The van der Waals surface area contributed by atoms with Crippen LogP contribution in [0.15, 0.2) is 30.5 Å². The third kappa shape index (κ3) is 5.26. The van der Waals surface area contributed by atoms with Crippen LogP contribution < -0.4 is 16.4 Å². The maximum Gasteiger partial charge on any atom is 0.291 e. The number of nitrogens with two attached hydrogens (primary N) is 1. The Kier molecular flexibility index (Phi) is 6.45. The molecule has 29 heavy (non-hydrogen) atoms. The van der Waals surface area contributed by atoms with Gasteiger partial charge in [-0.1, -0.05) is 21.6 Å². The van der Waals surface area contributed by atoms with Crippen LogP contribution >= 0.6 is 32.9 Å². The van der Waals surface area contributed by atoms with Gasteiger partial charge in [0.25, 0.3) is 11.8 Å². The zero-order valence-corrected chi connectivity index (χ0v) is 19.1. The number of aromatic nitrogens is 2. The number of thiophene rings is 1. The van der Waals surface area contributed by atoms with Gasteiger partial charge in [0, 0.05) is 34.9 Å². The van der Waals surface area contributed by atoms with Crippen LogP contribution in [-0.2, 0) is 7.05 Å². The van der Waals surface area contributed by atoms with Gasteiger partial charge in [-0.3, -0.25) is 9.59 Å². The van der Waals surface area contributed by atoms with Crippen molar-refractivity contribution in [2.45, 2.75) is 18.6 Å². The smallest absolute Gasteiger partial charge is 0.291 e. The quantitative estimate of drug-likeness (QED) is 0.472. The first-order chi connectivity index (χ1) is 13.7. The Morgan fingerprint density at radius 2 is 2.03 bits per heavy atom. The summed E-state index contributed by atoms with van der Waals surface area (Å²) in [5, 5.41) is 6.73. The molecule has 0 radical (unpaired) electrons. The minimum Gasteiger partial charge on any atom is -0.382 e. The molecule has 2 aromatic heterocycles. The maximum absolute atomic E-state index is 12.5. The summed E-state index contributed by atoms with van der Waals surface area (Å²) < 4.78 is 2.51. The molecular formula is C19H23N5O2S3. The molecule has 0 bridgehead atoms. The summed E-state index contributed by atoms with van der Waals surface area (Å²) in [7, 11) is 5.13. The van der Waals surface area contributed by atoms with E-state index in [-0.39, 0.29) is 22.4 Å². The van der Waals surface area contributed by atoms with E-state index in [0.29, 0.717) is 22.9 Å². The van der Waals surface area contributed by atoms with E-state index in [1.54, 1.807) is 39.4 Å². The van der Waals surface area contributed by atoms with Crippen molar-refractivity contribution in [2.24, 2.45) is 7.05 Å². The van der Waals surface area contributed by atoms with Crippen LogP contribution in [0.1, 0.15) is 34.1 Å². The lowest BCUT2D eigenvalue weighted by atomic mass is 10.2. The highest BCUT2D eigenvalue weighted by atomic mass is 33.1. The van der Waals surface area contributed by atoms with Crippen molar-refractivity contribution in [3.8, 4) is 0 Å². The van der Waals surface area contributed by atoms with Crippen molar-refractivity contribution < 1.29 is 9.59 Å². The molecule has 1 aromatic carbocycles. The lowest BCUT2D eigenvalue weighted by molar-refractivity contribution is 0.0954. The molecule has 0 aliphatic carbocycles. The van der Waals surface area contributed by atoms with Crippen molar-refractivity contribution in [3.63, 3.8) is 0 Å². The first-order valence-electron chi connectivity index (χ1n) is 8.82. The summed E-state index contributed by atoms with van der Waals surface area (Å²) >= 11 is 1.43. The number of nitrogens with one attached hydrogen (secondary N) is 2. The molecule has 0 saturated heterocycles. The average molecular weight is 450 g/mol. The third-order valence-corrected chi connectivity index (χ3v) is 7.81. The molecule has 2 heterocycles. The molecule has 3 rings (SSSR count). The first-order valence-corrected chi connectivity index (χ1v) is 12.2. The zero-order chi connectivity index (χ0) is 21.2. The maximum atomic E-state index is 12.5. The number of aryl methyl sites for hydroxylation is 1. The van der Waals surface area contributed by atoms with E-state index in [0.717, 1.165) is 10.1 Å². The normalized spacial score (nSPS) is 11.6. The van der Waals surface area contributed by atoms with Crippen molar-refractivity contribution in [2.75, 3.05) is 23.9 Å². The topological polar surface area (TPSA) is 102 Å². The molecule has 0 fully saturated rings. The van der Waals surface area contributed by atoms with E-state index >= 15 is 0 Å². The number of hydrogen-bond donors (Lipinski definition) is 3. The van der Waals surface area contributed by atoms with Gasteiger partial charge in [-0.2, -0.15) is 0 Å². The van der Waals surface area contributed by atoms with Gasteiger partial charge in [-0.25, -0.2) is 4.98 Å². The van der Waals surface area contributed by atoms with Gasteiger partial charge in [0.1, 0.15) is 5.82 Å². The minimum atomic E-state index is -0.342. The number of nitrogen functional groups attached to an aromatic ring is 1. The predicted molar refractivity (Wildman–Crippen MR) is 125 cm³/mol. The van der Waals surface area contributed by atoms with Crippen molar-refractivity contribution in [1.82, 2.24) is 14.9 Å². The molecule has 2 amide bonds. The van der Waals surface area contributed by atoms with Gasteiger partial charge >= 0.3 is 0 Å². The Balaban J connectivity index is 1.72. The van der Waals surface area contributed by atoms with Crippen LogP contribution in [0, 0.1) is 0 Å². The molecular weight excluding hydrogens is 426 g/mol. The highest BCUT2D eigenvalue weighted by Crippen LogP contribution is 2.33. The second-order valence-electron chi connectivity index (χ2n) is 7.11. The van der Waals surface area contributed by atoms with Gasteiger partial charge in [-0.15, -0.1) is 11.3 Å². The van der Waals surface area contributed by atoms with Gasteiger partial charge in [0.2, 0.25) is 5.82 Å². The van der Waals surface area contributed by atoms with Crippen LogP contribution in [0.25, 0.3) is 10.1 Å². The molecule has 0 saturated carbocycles. The summed E-state index contributed by atoms with van der Waals surface area (Å²) in [6.45, 7) is 4.78. The fraction of sp³-hybridized carbons (Fsp3) is 0.316. The fourth-order valence-corrected chi connectivity index (χ4v) is 5.83. The third-order valence-electron chi connectivity index (χ3n) is 4.08. The first kappa shape index (κ1) is 21.5. The Morgan fingerprint density at radius 3 is 2.69 bits per heavy atom. The summed E-state index contributed by atoms with van der Waals surface area (Å²) in [6, 6.07) is 7.40. The van der Waals surface area contributed by atoms with E-state index in [9.17, 15) is 9.59 Å². The number of imidazole rings is 1. The van der Waals surface area contributed by atoms with Gasteiger partial charge in [-0.05, 0) is 49.8 Å². The van der Waals surface area contributed by atoms with Gasteiger partial charge < -0.3 is 20.9 Å². The zero-order valence-electron chi connectivity index (χ0n) is 16.6. The SMILES string of the molecule is CSSC(C)(C)CNC(=O)c1cc2cc(NC(=O)c3nc(N)cn3C)ccc2s1. The van der Waals surface area contributed by atoms with Crippen LogP contribution in [0.4, 0.5) is 11.5 Å². The Hall–Kier alpha value is -2.17. The molecule has 0 unspecified atom stereocenters. The predicted octanol–water partition coefficient (Wildman–Crippen LogP) is 3.99. The number of anilines is 2. The molecule has 0 atom stereocenters. The van der Waals surface area contributed by atoms with Crippen molar-refractivity contribution >= 4 is 66.3 Å². The Morgan fingerprint density at radius 1 is 1.28 bits per heavy atom. The van der Waals surface area contributed by atoms with E-state index in [1.807, 2.05) is 30.5 Å². The fourth-order valence-electron chi connectivity index (χ4n) is 2.76. The summed E-state index contributed by atoms with van der Waals surface area (Å²) in [4.78, 5) is 29.6. The van der Waals surface area contributed by atoms with E-state index in [4.69, 9.17) is 5.73 Å². The van der Waals surface area contributed by atoms with E-state index < -0.39 is 0 Å². The summed E-state index contributed by atoms with van der Waals surface area (Å²) in [6.07, 6.45) is 3.61. The van der Waals surface area contributed by atoms with E-state index in [1.165, 1.54) is 11.3 Å². The Labute approximate surface area is 181 Å². The molecule has 10 heteroatoms. The second kappa shape index (κ2) is 8.68. The number of carbonyl (C=O) groups excluding carboxylic acids is 2. The highest BCUT2D eigenvalue weighted by Gasteiger charge is 2.20. The van der Waals surface area contributed by atoms with Crippen LogP contribution in [0.5, 0.6) is 0 Å². The Bertz CT molecular complexity index is 1060. The molecule has 0 aliphatic rings. The second-order valence-corrected chi connectivity index (χ2v) is 11.3. The minimum absolute atomic E-state index is 0.0441. The summed E-state index contributed by atoms with van der Waals surface area (Å²) in [5.41, 5.74) is 6.26. The van der Waals surface area contributed by atoms with E-state index in [2.05, 4.69) is 29.5 Å². The van der Waals surface area contributed by atoms with Crippen molar-refractivity contribution in [3.05, 3.63) is 41.2 Å². The number of rotatable bonds is 7. The number of nitrogens with zero attached hydrogens (tertiary/aromatic N) is 2. The molecule has 0 aliphatic heterocycles. The number of hydrogen-bond acceptors (Lipinski definition) is 7. The molecule has 0 spiro atoms. The lowest BCUT2D eigenvalue weighted by Gasteiger charge is -2.22. The number of carbonyl (C=O) groups is 2. The largest absolute Gasteiger partial charge is 0.382 e. The van der Waals surface area contributed by atoms with Crippen molar-refractivity contribution in [1.29, 1.82) is 0 Å². The van der Waals surface area contributed by atoms with Gasteiger partial charge in [0.15, 0.2) is 0 Å². The molecule has 7 nitrogen and oxygen atoms in total. The number of amides is 2. The lowest BCUT2D eigenvalue weighted by Crippen LogP contribution is -2.35. The average Bonchev–Trinajstić information content (AvgIpc) is 3.22. The molecule has 3 aromatic rings. The highest BCUT2D eigenvalue weighted by molar-refractivity contribution is 8.76. The van der Waals surface area contributed by atoms with Crippen LogP contribution in [0.2, 0.25) is 0 Å². The molecule has 154 valence electrons. The number of fused-ring (bicyclic) bond motifs is 1.